The molecule has 0 spiro atoms. The number of hydrogen-bond acceptors (Lipinski definition) is 2. The van der Waals surface area contributed by atoms with Gasteiger partial charge in [0, 0.05) is 17.8 Å². The largest absolute Gasteiger partial charge is 0.398 e. The number of nitrogen functional groups attached to an aromatic ring is 1. The van der Waals surface area contributed by atoms with Crippen LogP contribution in [0.15, 0.2) is 48.5 Å². The van der Waals surface area contributed by atoms with Crippen molar-refractivity contribution in [3.05, 3.63) is 65.5 Å². The summed E-state index contributed by atoms with van der Waals surface area (Å²) in [6.07, 6.45) is 0. The molecule has 18 heavy (non-hydrogen) atoms. The van der Waals surface area contributed by atoms with Gasteiger partial charge in [-0.25, -0.2) is 4.39 Å². The summed E-state index contributed by atoms with van der Waals surface area (Å²) in [4.78, 5) is 11.8. The molecule has 2 aromatic carbocycles. The zero-order valence-corrected chi connectivity index (χ0v) is 9.69. The number of nitrogens with one attached hydrogen (secondary N) is 1. The van der Waals surface area contributed by atoms with E-state index in [0.29, 0.717) is 17.8 Å². The minimum absolute atomic E-state index is 0.252. The highest BCUT2D eigenvalue weighted by molar-refractivity contribution is 5.94. The Morgan fingerprint density at radius 1 is 1.11 bits per heavy atom. The first-order valence-electron chi connectivity index (χ1n) is 5.54. The molecule has 0 aromatic heterocycles. The van der Waals surface area contributed by atoms with E-state index < -0.39 is 0 Å². The Morgan fingerprint density at radius 3 is 2.44 bits per heavy atom. The third-order valence-corrected chi connectivity index (χ3v) is 2.60. The van der Waals surface area contributed by atoms with Gasteiger partial charge in [-0.05, 0) is 35.9 Å². The lowest BCUT2D eigenvalue weighted by Gasteiger charge is -2.07. The normalized spacial score (nSPS) is 10.1. The first kappa shape index (κ1) is 12.1. The second-order valence-corrected chi connectivity index (χ2v) is 3.89. The zero-order chi connectivity index (χ0) is 13.0. The molecule has 0 bridgehead atoms. The fraction of sp³-hybridized carbons (Fsp3) is 0.0714. The average Bonchev–Trinajstić information content (AvgIpc) is 2.38. The van der Waals surface area contributed by atoms with Crippen molar-refractivity contribution >= 4 is 11.6 Å². The summed E-state index contributed by atoms with van der Waals surface area (Å²) >= 11 is 0. The molecule has 0 saturated carbocycles. The SMILES string of the molecule is Nc1ccccc1CNC(=O)c1ccc(F)cc1. The van der Waals surface area contributed by atoms with Gasteiger partial charge in [-0.3, -0.25) is 4.79 Å². The Balaban J connectivity index is 2.01. The summed E-state index contributed by atoms with van der Waals surface area (Å²) < 4.78 is 12.7. The number of amides is 1. The number of hydrogen-bond donors (Lipinski definition) is 2. The smallest absolute Gasteiger partial charge is 0.251 e. The monoisotopic (exact) mass is 244 g/mol. The van der Waals surface area contributed by atoms with Gasteiger partial charge in [-0.2, -0.15) is 0 Å². The third kappa shape index (κ3) is 2.85. The molecule has 3 nitrogen and oxygen atoms in total. The molecule has 0 heterocycles. The first-order valence-corrected chi connectivity index (χ1v) is 5.54. The molecule has 0 aliphatic carbocycles. The Kier molecular flexibility index (Phi) is 3.57. The zero-order valence-electron chi connectivity index (χ0n) is 9.69. The van der Waals surface area contributed by atoms with Crippen LogP contribution in [0.25, 0.3) is 0 Å². The molecule has 92 valence electrons. The van der Waals surface area contributed by atoms with Gasteiger partial charge < -0.3 is 11.1 Å². The van der Waals surface area contributed by atoms with Gasteiger partial charge in [0.1, 0.15) is 5.82 Å². The minimum Gasteiger partial charge on any atom is -0.398 e. The summed E-state index contributed by atoms with van der Waals surface area (Å²) in [5.74, 6) is -0.614. The van der Waals surface area contributed by atoms with Gasteiger partial charge in [0.15, 0.2) is 0 Å². The maximum absolute atomic E-state index is 12.7. The number of carbonyl (C=O) groups excluding carboxylic acids is 1. The molecule has 0 radical (unpaired) electrons. The molecule has 3 N–H and O–H groups in total. The van der Waals surface area contributed by atoms with E-state index in [0.717, 1.165) is 5.56 Å². The molecule has 0 aliphatic heterocycles. The van der Waals surface area contributed by atoms with Gasteiger partial charge in [-0.1, -0.05) is 18.2 Å². The summed E-state index contributed by atoms with van der Waals surface area (Å²) in [5, 5.41) is 2.73. The predicted molar refractivity (Wildman–Crippen MR) is 68.4 cm³/mol. The molecule has 2 aromatic rings. The van der Waals surface area contributed by atoms with Crippen molar-refractivity contribution in [3.8, 4) is 0 Å². The van der Waals surface area contributed by atoms with E-state index in [2.05, 4.69) is 5.32 Å². The molecule has 0 fully saturated rings. The second kappa shape index (κ2) is 5.31. The van der Waals surface area contributed by atoms with Crippen LogP contribution in [0.3, 0.4) is 0 Å². The topological polar surface area (TPSA) is 55.1 Å². The fourth-order valence-corrected chi connectivity index (χ4v) is 1.57. The van der Waals surface area contributed by atoms with Crippen LogP contribution in [0.4, 0.5) is 10.1 Å². The van der Waals surface area contributed by atoms with E-state index in [1.807, 2.05) is 18.2 Å². The molecule has 0 aliphatic rings. The summed E-state index contributed by atoms with van der Waals surface area (Å²) in [6, 6.07) is 12.7. The maximum atomic E-state index is 12.7. The van der Waals surface area contributed by atoms with Gasteiger partial charge in [0.2, 0.25) is 0 Å². The van der Waals surface area contributed by atoms with Crippen molar-refractivity contribution in [1.82, 2.24) is 5.32 Å². The lowest BCUT2D eigenvalue weighted by atomic mass is 10.1. The van der Waals surface area contributed by atoms with E-state index in [1.54, 1.807) is 6.07 Å². The number of para-hydroxylation sites is 1. The molecule has 1 amide bonds. The number of anilines is 1. The van der Waals surface area contributed by atoms with Crippen LogP contribution in [0.1, 0.15) is 15.9 Å². The highest BCUT2D eigenvalue weighted by Gasteiger charge is 2.06. The van der Waals surface area contributed by atoms with E-state index in [1.165, 1.54) is 24.3 Å². The van der Waals surface area contributed by atoms with Crippen LogP contribution in [0.5, 0.6) is 0 Å². The number of halogens is 1. The quantitative estimate of drug-likeness (QED) is 0.814. The van der Waals surface area contributed by atoms with Gasteiger partial charge in [-0.15, -0.1) is 0 Å². The standard InChI is InChI=1S/C14H13FN2O/c15-12-7-5-10(6-8-12)14(18)17-9-11-3-1-2-4-13(11)16/h1-8H,9,16H2,(H,17,18). The van der Waals surface area contributed by atoms with Crippen molar-refractivity contribution in [2.75, 3.05) is 5.73 Å². The molecular weight excluding hydrogens is 231 g/mol. The van der Waals surface area contributed by atoms with Crippen LogP contribution >= 0.6 is 0 Å². The minimum atomic E-state index is -0.362. The van der Waals surface area contributed by atoms with Crippen molar-refractivity contribution in [2.45, 2.75) is 6.54 Å². The second-order valence-electron chi connectivity index (χ2n) is 3.89. The molecule has 0 atom stereocenters. The van der Waals surface area contributed by atoms with Gasteiger partial charge >= 0.3 is 0 Å². The summed E-state index contributed by atoms with van der Waals surface area (Å²) in [7, 11) is 0. The van der Waals surface area contributed by atoms with Gasteiger partial charge in [0.05, 0.1) is 0 Å². The summed E-state index contributed by atoms with van der Waals surface area (Å²) in [5.41, 5.74) is 7.68. The van der Waals surface area contributed by atoms with Crippen molar-refractivity contribution in [3.63, 3.8) is 0 Å². The Hall–Kier alpha value is -2.36. The Labute approximate surface area is 104 Å². The van der Waals surface area contributed by atoms with Crippen LogP contribution in [-0.2, 0) is 6.54 Å². The lowest BCUT2D eigenvalue weighted by Crippen LogP contribution is -2.23. The maximum Gasteiger partial charge on any atom is 0.251 e. The van der Waals surface area contributed by atoms with Crippen molar-refractivity contribution in [1.29, 1.82) is 0 Å². The number of benzene rings is 2. The highest BCUT2D eigenvalue weighted by atomic mass is 19.1. The Bertz CT molecular complexity index is 552. The van der Waals surface area contributed by atoms with Crippen molar-refractivity contribution in [2.24, 2.45) is 0 Å². The van der Waals surface area contributed by atoms with E-state index in [9.17, 15) is 9.18 Å². The first-order chi connectivity index (χ1) is 8.66. The van der Waals surface area contributed by atoms with Gasteiger partial charge in [0.25, 0.3) is 5.91 Å². The van der Waals surface area contributed by atoms with E-state index in [-0.39, 0.29) is 11.7 Å². The molecule has 0 saturated heterocycles. The Morgan fingerprint density at radius 2 is 1.78 bits per heavy atom. The average molecular weight is 244 g/mol. The molecular formula is C14H13FN2O. The van der Waals surface area contributed by atoms with Crippen LogP contribution in [-0.4, -0.2) is 5.91 Å². The van der Waals surface area contributed by atoms with Crippen molar-refractivity contribution < 1.29 is 9.18 Å². The third-order valence-electron chi connectivity index (χ3n) is 2.60. The van der Waals surface area contributed by atoms with Crippen LogP contribution in [0.2, 0.25) is 0 Å². The fourth-order valence-electron chi connectivity index (χ4n) is 1.57. The van der Waals surface area contributed by atoms with E-state index in [4.69, 9.17) is 5.73 Å². The predicted octanol–water partition coefficient (Wildman–Crippen LogP) is 2.34. The highest BCUT2D eigenvalue weighted by Crippen LogP contribution is 2.10. The molecule has 2 rings (SSSR count). The lowest BCUT2D eigenvalue weighted by molar-refractivity contribution is 0.0951. The number of rotatable bonds is 3. The van der Waals surface area contributed by atoms with E-state index >= 15 is 0 Å². The van der Waals surface area contributed by atoms with Crippen LogP contribution in [0, 0.1) is 5.82 Å². The molecule has 4 heteroatoms. The number of nitrogens with two attached hydrogens (primary N) is 1. The molecule has 0 unspecified atom stereocenters. The van der Waals surface area contributed by atoms with Crippen LogP contribution < -0.4 is 11.1 Å². The number of carbonyl (C=O) groups is 1. The summed E-state index contributed by atoms with van der Waals surface area (Å²) in [6.45, 7) is 0.350.